The number of hydrogen-bond acceptors (Lipinski definition) is 5. The van der Waals surface area contributed by atoms with E-state index < -0.39 is 18.1 Å². The third-order valence-electron chi connectivity index (χ3n) is 4.42. The lowest BCUT2D eigenvalue weighted by Crippen LogP contribution is -2.43. The Labute approximate surface area is 167 Å². The van der Waals surface area contributed by atoms with Gasteiger partial charge in [0.05, 0.1) is 5.56 Å². The molecule has 2 aromatic carbocycles. The Morgan fingerprint density at radius 3 is 2.43 bits per heavy atom. The van der Waals surface area contributed by atoms with Crippen LogP contribution in [0, 0.1) is 0 Å². The fourth-order valence-corrected chi connectivity index (χ4v) is 3.36. The summed E-state index contributed by atoms with van der Waals surface area (Å²) in [7, 11) is 0. The van der Waals surface area contributed by atoms with Crippen molar-refractivity contribution in [2.75, 3.05) is 11.9 Å². The number of carbonyl (C=O) groups is 3. The molecule has 8 heteroatoms. The highest BCUT2D eigenvalue weighted by Crippen LogP contribution is 2.24. The maximum absolute atomic E-state index is 12.7. The summed E-state index contributed by atoms with van der Waals surface area (Å²) < 4.78 is 5.34. The van der Waals surface area contributed by atoms with Gasteiger partial charge in [-0.25, -0.2) is 9.59 Å². The topological polar surface area (TPSA) is 95.9 Å². The Bertz CT molecular complexity index is 857. The molecule has 1 heterocycles. The molecular formula is C20H20N2O5S. The first kappa shape index (κ1) is 19.8. The van der Waals surface area contributed by atoms with Crippen molar-refractivity contribution in [2.24, 2.45) is 0 Å². The van der Waals surface area contributed by atoms with E-state index in [1.54, 1.807) is 0 Å². The first-order valence-corrected chi connectivity index (χ1v) is 9.25. The van der Waals surface area contributed by atoms with Gasteiger partial charge in [0.15, 0.2) is 0 Å². The molecule has 0 bridgehead atoms. The van der Waals surface area contributed by atoms with Crippen molar-refractivity contribution < 1.29 is 24.2 Å². The molecule has 28 heavy (non-hydrogen) atoms. The average molecular weight is 400 g/mol. The molecule has 2 N–H and O–H groups in total. The quantitative estimate of drug-likeness (QED) is 0.671. The van der Waals surface area contributed by atoms with E-state index in [0.717, 1.165) is 5.56 Å². The van der Waals surface area contributed by atoms with Gasteiger partial charge in [-0.3, -0.25) is 9.69 Å². The van der Waals surface area contributed by atoms with E-state index in [0.29, 0.717) is 18.7 Å². The number of ether oxygens (including phenoxy) is 1. The monoisotopic (exact) mass is 400 g/mol. The lowest BCUT2D eigenvalue weighted by atomic mass is 10.1. The van der Waals surface area contributed by atoms with Crippen molar-refractivity contribution in [2.45, 2.75) is 24.3 Å². The summed E-state index contributed by atoms with van der Waals surface area (Å²) in [5, 5.41) is 11.5. The average Bonchev–Trinajstić information content (AvgIpc) is 3.09. The van der Waals surface area contributed by atoms with Gasteiger partial charge in [0, 0.05) is 17.5 Å². The summed E-state index contributed by atoms with van der Waals surface area (Å²) in [5.74, 6) is -1.41. The van der Waals surface area contributed by atoms with Crippen LogP contribution in [0.2, 0.25) is 0 Å². The van der Waals surface area contributed by atoms with E-state index in [1.165, 1.54) is 29.2 Å². The van der Waals surface area contributed by atoms with Crippen molar-refractivity contribution in [1.29, 1.82) is 0 Å². The zero-order chi connectivity index (χ0) is 20.1. The standard InChI is InChI=1S/C20H20N2O5S/c23-18(21-15-8-6-14(7-9-15)19(24)25)17-10-16(28)11-22(17)20(26)27-12-13-4-2-1-3-5-13/h1-9,16-17,28H,10-12H2,(H,21,23)(H,24,25)/t16-,17+/m1/s1. The highest BCUT2D eigenvalue weighted by atomic mass is 32.1. The van der Waals surface area contributed by atoms with Gasteiger partial charge in [-0.1, -0.05) is 30.3 Å². The van der Waals surface area contributed by atoms with Crippen LogP contribution in [-0.2, 0) is 16.1 Å². The van der Waals surface area contributed by atoms with Crippen molar-refractivity contribution in [3.63, 3.8) is 0 Å². The number of hydrogen-bond donors (Lipinski definition) is 3. The molecule has 0 radical (unpaired) electrons. The number of aromatic carboxylic acids is 1. The molecule has 146 valence electrons. The number of anilines is 1. The molecule has 0 aromatic heterocycles. The van der Waals surface area contributed by atoms with Gasteiger partial charge in [-0.05, 0) is 36.2 Å². The lowest BCUT2D eigenvalue weighted by Gasteiger charge is -2.23. The number of amides is 2. The SMILES string of the molecule is O=C(O)c1ccc(NC(=O)[C@@H]2C[C@@H](S)CN2C(=O)OCc2ccccc2)cc1. The summed E-state index contributed by atoms with van der Waals surface area (Å²) >= 11 is 4.41. The molecule has 7 nitrogen and oxygen atoms in total. The van der Waals surface area contributed by atoms with Gasteiger partial charge in [0.25, 0.3) is 0 Å². The highest BCUT2D eigenvalue weighted by molar-refractivity contribution is 7.81. The van der Waals surface area contributed by atoms with Crippen LogP contribution in [0.5, 0.6) is 0 Å². The summed E-state index contributed by atoms with van der Waals surface area (Å²) in [6, 6.07) is 14.4. The normalized spacial score (nSPS) is 18.5. The number of carboxylic acid groups (broad SMARTS) is 1. The third kappa shape index (κ3) is 4.83. The zero-order valence-electron chi connectivity index (χ0n) is 14.9. The Morgan fingerprint density at radius 1 is 1.11 bits per heavy atom. The lowest BCUT2D eigenvalue weighted by molar-refractivity contribution is -0.120. The Kier molecular flexibility index (Phi) is 6.20. The second-order valence-corrected chi connectivity index (χ2v) is 7.20. The molecule has 0 spiro atoms. The van der Waals surface area contributed by atoms with Crippen molar-refractivity contribution in [1.82, 2.24) is 4.90 Å². The predicted octanol–water partition coefficient (Wildman–Crippen LogP) is 3.03. The number of likely N-dealkylation sites (tertiary alicyclic amines) is 1. The minimum absolute atomic E-state index is 0.123. The van der Waals surface area contributed by atoms with Crippen LogP contribution in [0.25, 0.3) is 0 Å². The maximum atomic E-state index is 12.7. The number of benzene rings is 2. The highest BCUT2D eigenvalue weighted by Gasteiger charge is 2.39. The van der Waals surface area contributed by atoms with Crippen LogP contribution < -0.4 is 5.32 Å². The first-order chi connectivity index (χ1) is 13.4. The molecule has 1 aliphatic rings. The van der Waals surface area contributed by atoms with Crippen molar-refractivity contribution >= 4 is 36.3 Å². The van der Waals surface area contributed by atoms with Gasteiger partial charge >= 0.3 is 12.1 Å². The summed E-state index contributed by atoms with van der Waals surface area (Å²) in [6.07, 6.45) is -0.162. The van der Waals surface area contributed by atoms with Gasteiger partial charge < -0.3 is 15.2 Å². The van der Waals surface area contributed by atoms with E-state index in [1.807, 2.05) is 30.3 Å². The third-order valence-corrected chi connectivity index (χ3v) is 4.79. The van der Waals surface area contributed by atoms with Crippen LogP contribution in [0.4, 0.5) is 10.5 Å². The fraction of sp³-hybridized carbons (Fsp3) is 0.250. The van der Waals surface area contributed by atoms with E-state index in [-0.39, 0.29) is 23.3 Å². The van der Waals surface area contributed by atoms with Gasteiger partial charge in [0.1, 0.15) is 12.6 Å². The minimum Gasteiger partial charge on any atom is -0.478 e. The molecule has 2 amide bonds. The van der Waals surface area contributed by atoms with Gasteiger partial charge in [0.2, 0.25) is 5.91 Å². The van der Waals surface area contributed by atoms with E-state index in [9.17, 15) is 14.4 Å². The van der Waals surface area contributed by atoms with Crippen LogP contribution >= 0.6 is 12.6 Å². The molecule has 2 aromatic rings. The number of rotatable bonds is 5. The molecular weight excluding hydrogens is 380 g/mol. The Hall–Kier alpha value is -3.00. The minimum atomic E-state index is -1.04. The van der Waals surface area contributed by atoms with Gasteiger partial charge in [-0.2, -0.15) is 12.6 Å². The smallest absolute Gasteiger partial charge is 0.410 e. The summed E-state index contributed by atoms with van der Waals surface area (Å²) in [5.41, 5.74) is 1.44. The van der Waals surface area contributed by atoms with E-state index >= 15 is 0 Å². The van der Waals surface area contributed by atoms with Crippen LogP contribution in [0.15, 0.2) is 54.6 Å². The van der Waals surface area contributed by atoms with Crippen molar-refractivity contribution in [3.8, 4) is 0 Å². The van der Waals surface area contributed by atoms with Crippen molar-refractivity contribution in [3.05, 3.63) is 65.7 Å². The molecule has 0 aliphatic carbocycles. The Morgan fingerprint density at radius 2 is 1.79 bits per heavy atom. The fourth-order valence-electron chi connectivity index (χ4n) is 2.99. The molecule has 2 atom stereocenters. The van der Waals surface area contributed by atoms with Gasteiger partial charge in [-0.15, -0.1) is 0 Å². The first-order valence-electron chi connectivity index (χ1n) is 8.73. The molecule has 3 rings (SSSR count). The number of carbonyl (C=O) groups excluding carboxylic acids is 2. The zero-order valence-corrected chi connectivity index (χ0v) is 15.8. The number of nitrogens with one attached hydrogen (secondary N) is 1. The van der Waals surface area contributed by atoms with E-state index in [4.69, 9.17) is 9.84 Å². The summed E-state index contributed by atoms with van der Waals surface area (Å²) in [4.78, 5) is 37.4. The summed E-state index contributed by atoms with van der Waals surface area (Å²) in [6.45, 7) is 0.436. The van der Waals surface area contributed by atoms with E-state index in [2.05, 4.69) is 17.9 Å². The second kappa shape index (κ2) is 8.79. The molecule has 0 unspecified atom stereocenters. The van der Waals surface area contributed by atoms with Crippen LogP contribution in [0.3, 0.4) is 0 Å². The molecule has 1 fully saturated rings. The number of carboxylic acids is 1. The maximum Gasteiger partial charge on any atom is 0.410 e. The number of nitrogens with zero attached hydrogens (tertiary/aromatic N) is 1. The molecule has 1 saturated heterocycles. The van der Waals surface area contributed by atoms with Crippen LogP contribution in [0.1, 0.15) is 22.3 Å². The largest absolute Gasteiger partial charge is 0.478 e. The number of thiol groups is 1. The molecule has 1 aliphatic heterocycles. The Balaban J connectivity index is 1.62. The second-order valence-electron chi connectivity index (χ2n) is 6.47. The molecule has 0 saturated carbocycles. The van der Waals surface area contributed by atoms with Crippen LogP contribution in [-0.4, -0.2) is 45.8 Å². The predicted molar refractivity (Wildman–Crippen MR) is 107 cm³/mol.